The largest absolute Gasteiger partial charge is 0.378 e. The summed E-state index contributed by atoms with van der Waals surface area (Å²) in [6.45, 7) is 7.38. The van der Waals surface area contributed by atoms with Gasteiger partial charge in [-0.2, -0.15) is 0 Å². The van der Waals surface area contributed by atoms with E-state index in [1.165, 1.54) is 17.5 Å². The number of fused-ring (bicyclic) bond motifs is 1. The van der Waals surface area contributed by atoms with Crippen molar-refractivity contribution in [2.24, 2.45) is 11.1 Å². The van der Waals surface area contributed by atoms with Gasteiger partial charge in [0.2, 0.25) is 5.91 Å². The molecule has 3 N–H and O–H groups in total. The number of hydrogen-bond donors (Lipinski definition) is 2. The van der Waals surface area contributed by atoms with Gasteiger partial charge in [-0.15, -0.1) is 12.4 Å². The van der Waals surface area contributed by atoms with Crippen molar-refractivity contribution < 1.29 is 9.53 Å². The van der Waals surface area contributed by atoms with Crippen LogP contribution in [-0.2, 0) is 16.0 Å². The van der Waals surface area contributed by atoms with Crippen LogP contribution in [0.1, 0.15) is 57.1 Å². The van der Waals surface area contributed by atoms with Crippen LogP contribution in [0.2, 0.25) is 0 Å². The van der Waals surface area contributed by atoms with Crippen LogP contribution in [0.15, 0.2) is 24.3 Å². The van der Waals surface area contributed by atoms with Crippen molar-refractivity contribution in [2.75, 3.05) is 13.2 Å². The van der Waals surface area contributed by atoms with E-state index in [0.29, 0.717) is 25.5 Å². The predicted molar refractivity (Wildman–Crippen MR) is 103 cm³/mol. The summed E-state index contributed by atoms with van der Waals surface area (Å²) in [5, 5.41) is 3.13. The average molecular weight is 367 g/mol. The maximum atomic E-state index is 12.8. The molecule has 4 nitrogen and oxygen atoms in total. The quantitative estimate of drug-likeness (QED) is 0.841. The van der Waals surface area contributed by atoms with E-state index in [0.717, 1.165) is 12.8 Å². The second-order valence-corrected chi connectivity index (χ2v) is 7.84. The van der Waals surface area contributed by atoms with Crippen LogP contribution in [0.25, 0.3) is 0 Å². The summed E-state index contributed by atoms with van der Waals surface area (Å²) >= 11 is 0. The zero-order chi connectivity index (χ0) is 17.4. The number of carbonyl (C=O) groups is 1. The zero-order valence-corrected chi connectivity index (χ0v) is 16.3. The third kappa shape index (κ3) is 3.44. The Bertz CT molecular complexity index is 619. The molecule has 1 fully saturated rings. The van der Waals surface area contributed by atoms with E-state index in [1.807, 2.05) is 20.8 Å². The van der Waals surface area contributed by atoms with Crippen molar-refractivity contribution in [2.45, 2.75) is 64.0 Å². The van der Waals surface area contributed by atoms with Crippen LogP contribution in [0, 0.1) is 5.41 Å². The fourth-order valence-corrected chi connectivity index (χ4v) is 4.26. The standard InChI is InChI=1S/C20H30N2O2.ClH/c1-4-24-17-12-20(21,19(17,2)3)18(23)22-13-15-10-7-9-14-8-5-6-11-16(14)15;/h5-6,8,11,15,17H,4,7,9-10,12-13,21H2,1-3H3,(H,22,23);1H. The lowest BCUT2D eigenvalue weighted by molar-refractivity contribution is -0.170. The highest BCUT2D eigenvalue weighted by Gasteiger charge is 2.62. The second-order valence-electron chi connectivity index (χ2n) is 7.84. The van der Waals surface area contributed by atoms with E-state index in [4.69, 9.17) is 10.5 Å². The van der Waals surface area contributed by atoms with E-state index in [-0.39, 0.29) is 29.8 Å². The van der Waals surface area contributed by atoms with Gasteiger partial charge in [-0.3, -0.25) is 4.79 Å². The van der Waals surface area contributed by atoms with E-state index < -0.39 is 5.54 Å². The molecule has 140 valence electrons. The molecular weight excluding hydrogens is 336 g/mol. The number of aryl methyl sites for hydroxylation is 1. The number of halogens is 1. The first-order valence-corrected chi connectivity index (χ1v) is 9.16. The number of ether oxygens (including phenoxy) is 1. The molecule has 5 heteroatoms. The molecule has 3 rings (SSSR count). The van der Waals surface area contributed by atoms with Gasteiger partial charge in [-0.1, -0.05) is 38.1 Å². The molecule has 1 aromatic rings. The smallest absolute Gasteiger partial charge is 0.240 e. The average Bonchev–Trinajstić information content (AvgIpc) is 2.59. The first-order valence-electron chi connectivity index (χ1n) is 9.16. The van der Waals surface area contributed by atoms with Crippen molar-refractivity contribution in [3.8, 4) is 0 Å². The molecule has 25 heavy (non-hydrogen) atoms. The molecule has 2 aliphatic carbocycles. The number of nitrogens with one attached hydrogen (secondary N) is 1. The van der Waals surface area contributed by atoms with Crippen LogP contribution in [0.5, 0.6) is 0 Å². The van der Waals surface area contributed by atoms with E-state index in [2.05, 4.69) is 29.6 Å². The molecule has 0 bridgehead atoms. The van der Waals surface area contributed by atoms with Crippen LogP contribution in [-0.4, -0.2) is 30.7 Å². The topological polar surface area (TPSA) is 64.3 Å². The van der Waals surface area contributed by atoms with Crippen LogP contribution >= 0.6 is 12.4 Å². The van der Waals surface area contributed by atoms with Gasteiger partial charge in [0, 0.05) is 30.9 Å². The molecule has 0 spiro atoms. The number of hydrogen-bond acceptors (Lipinski definition) is 3. The molecule has 3 unspecified atom stereocenters. The Hall–Kier alpha value is -1.10. The SMILES string of the molecule is CCOC1CC(N)(C(=O)NCC2CCCc3ccccc32)C1(C)C.Cl. The van der Waals surface area contributed by atoms with Gasteiger partial charge >= 0.3 is 0 Å². The minimum absolute atomic E-state index is 0. The van der Waals surface area contributed by atoms with Crippen molar-refractivity contribution in [1.82, 2.24) is 5.32 Å². The van der Waals surface area contributed by atoms with Gasteiger partial charge in [-0.05, 0) is 37.3 Å². The molecular formula is C20H31ClN2O2. The minimum atomic E-state index is -0.832. The molecule has 0 saturated heterocycles. The molecule has 0 heterocycles. The molecule has 0 radical (unpaired) electrons. The van der Waals surface area contributed by atoms with Gasteiger partial charge in [0.05, 0.1) is 6.10 Å². The highest BCUT2D eigenvalue weighted by Crippen LogP contribution is 2.49. The van der Waals surface area contributed by atoms with E-state index in [1.54, 1.807) is 0 Å². The summed E-state index contributed by atoms with van der Waals surface area (Å²) in [6.07, 6.45) is 4.11. The van der Waals surface area contributed by atoms with Crippen LogP contribution in [0.4, 0.5) is 0 Å². The minimum Gasteiger partial charge on any atom is -0.378 e. The Balaban J connectivity index is 0.00000225. The Labute approximate surface area is 157 Å². The summed E-state index contributed by atoms with van der Waals surface area (Å²) in [7, 11) is 0. The first-order chi connectivity index (χ1) is 11.4. The van der Waals surface area contributed by atoms with Crippen molar-refractivity contribution >= 4 is 18.3 Å². The molecule has 2 aliphatic rings. The summed E-state index contributed by atoms with van der Waals surface area (Å²) in [6, 6.07) is 8.59. The lowest BCUT2D eigenvalue weighted by Gasteiger charge is -2.57. The Kier molecular flexibility index (Phi) is 6.18. The van der Waals surface area contributed by atoms with Crippen LogP contribution in [0.3, 0.4) is 0 Å². The molecule has 0 aromatic heterocycles. The van der Waals surface area contributed by atoms with Gasteiger partial charge in [-0.25, -0.2) is 0 Å². The Morgan fingerprint density at radius 1 is 1.36 bits per heavy atom. The summed E-state index contributed by atoms with van der Waals surface area (Å²) in [4.78, 5) is 12.8. The molecule has 1 saturated carbocycles. The molecule has 1 amide bonds. The highest BCUT2D eigenvalue weighted by molar-refractivity contribution is 5.88. The number of carbonyl (C=O) groups excluding carboxylic acids is 1. The van der Waals surface area contributed by atoms with Gasteiger partial charge < -0.3 is 15.8 Å². The lowest BCUT2D eigenvalue weighted by Crippen LogP contribution is -2.75. The van der Waals surface area contributed by atoms with E-state index >= 15 is 0 Å². The van der Waals surface area contributed by atoms with Crippen LogP contribution < -0.4 is 11.1 Å². The van der Waals surface area contributed by atoms with Crippen molar-refractivity contribution in [1.29, 1.82) is 0 Å². The fourth-order valence-electron chi connectivity index (χ4n) is 4.26. The van der Waals surface area contributed by atoms with Gasteiger partial charge in [0.25, 0.3) is 0 Å². The normalized spacial score (nSPS) is 29.8. The molecule has 1 aromatic carbocycles. The maximum Gasteiger partial charge on any atom is 0.240 e. The van der Waals surface area contributed by atoms with Gasteiger partial charge in [0.15, 0.2) is 0 Å². The Morgan fingerprint density at radius 3 is 2.76 bits per heavy atom. The highest BCUT2D eigenvalue weighted by atomic mass is 35.5. The monoisotopic (exact) mass is 366 g/mol. The zero-order valence-electron chi connectivity index (χ0n) is 15.5. The predicted octanol–water partition coefficient (Wildman–Crippen LogP) is 3.18. The van der Waals surface area contributed by atoms with Gasteiger partial charge in [0.1, 0.15) is 5.54 Å². The number of rotatable bonds is 5. The second kappa shape index (κ2) is 7.65. The number of nitrogens with two attached hydrogens (primary N) is 1. The molecule has 3 atom stereocenters. The summed E-state index contributed by atoms with van der Waals surface area (Å²) in [5.41, 5.74) is 8.10. The Morgan fingerprint density at radius 2 is 2.08 bits per heavy atom. The number of benzene rings is 1. The lowest BCUT2D eigenvalue weighted by atomic mass is 9.54. The van der Waals surface area contributed by atoms with Crippen molar-refractivity contribution in [3.63, 3.8) is 0 Å². The summed E-state index contributed by atoms with van der Waals surface area (Å²) < 4.78 is 5.72. The first kappa shape index (κ1) is 20.2. The van der Waals surface area contributed by atoms with Crippen molar-refractivity contribution in [3.05, 3.63) is 35.4 Å². The molecule has 0 aliphatic heterocycles. The van der Waals surface area contributed by atoms with E-state index in [9.17, 15) is 4.79 Å². The third-order valence-electron chi connectivity index (χ3n) is 6.24. The maximum absolute atomic E-state index is 12.8. The summed E-state index contributed by atoms with van der Waals surface area (Å²) in [5.74, 6) is 0.361. The number of amides is 1. The fraction of sp³-hybridized carbons (Fsp3) is 0.650. The third-order valence-corrected chi connectivity index (χ3v) is 6.24.